The number of carboxylic acids is 1. The van der Waals surface area contributed by atoms with Crippen molar-refractivity contribution in [1.29, 1.82) is 0 Å². The molecule has 5 nitrogen and oxygen atoms in total. The Kier molecular flexibility index (Phi) is 4.94. The van der Waals surface area contributed by atoms with Gasteiger partial charge in [-0.15, -0.1) is 0 Å². The summed E-state index contributed by atoms with van der Waals surface area (Å²) in [6, 6.07) is -1.06. The summed E-state index contributed by atoms with van der Waals surface area (Å²) in [6.45, 7) is -1.24. The van der Waals surface area contributed by atoms with Crippen LogP contribution in [0.4, 0.5) is 4.39 Å². The van der Waals surface area contributed by atoms with Gasteiger partial charge < -0.3 is 15.6 Å². The highest BCUT2D eigenvalue weighted by Crippen LogP contribution is 1.97. The molecule has 0 rings (SSSR count). The molecule has 0 saturated heterocycles. The van der Waals surface area contributed by atoms with Crippen molar-refractivity contribution in [3.8, 4) is 0 Å². The molecule has 0 radical (unpaired) electrons. The average Bonchev–Trinajstić information content (AvgIpc) is 2.00. The molecule has 0 fully saturated rings. The summed E-state index contributed by atoms with van der Waals surface area (Å²) in [4.78, 5) is 20.6. The quantitative estimate of drug-likeness (QED) is 0.563. The van der Waals surface area contributed by atoms with Crippen LogP contribution in [-0.4, -0.2) is 29.9 Å². The van der Waals surface area contributed by atoms with Crippen molar-refractivity contribution in [3.05, 3.63) is 0 Å². The Balaban J connectivity index is 3.63. The van der Waals surface area contributed by atoms with Gasteiger partial charge in [-0.05, 0) is 6.42 Å². The molecule has 6 heteroatoms. The molecule has 1 atom stereocenters. The Hall–Kier alpha value is -1.17. The van der Waals surface area contributed by atoms with Crippen LogP contribution >= 0.6 is 0 Å². The number of alkyl halides is 1. The zero-order chi connectivity index (χ0) is 9.56. The summed E-state index contributed by atoms with van der Waals surface area (Å²) in [7, 11) is 0. The van der Waals surface area contributed by atoms with Crippen LogP contribution < -0.4 is 5.73 Å². The van der Waals surface area contributed by atoms with E-state index in [4.69, 9.17) is 10.8 Å². The smallest absolute Gasteiger partial charge is 0.325 e. The molecule has 0 aromatic heterocycles. The molecule has 12 heavy (non-hydrogen) atoms. The lowest BCUT2D eigenvalue weighted by Gasteiger charge is -2.06. The summed E-state index contributed by atoms with van der Waals surface area (Å²) in [5, 5.41) is 8.19. The largest absolute Gasteiger partial charge is 0.481 e. The van der Waals surface area contributed by atoms with E-state index in [1.54, 1.807) is 0 Å². The van der Waals surface area contributed by atoms with Gasteiger partial charge in [0.25, 0.3) is 0 Å². The lowest BCUT2D eigenvalue weighted by molar-refractivity contribution is -0.149. The predicted octanol–water partition coefficient (Wildman–Crippen LogP) is -0.351. The summed E-state index contributed by atoms with van der Waals surface area (Å²) in [6.07, 6.45) is -0.281. The third-order valence-electron chi connectivity index (χ3n) is 1.17. The SMILES string of the molecule is N[C@H](CCC(=O)O)C(=O)OCF. The first kappa shape index (κ1) is 10.8. The second kappa shape index (κ2) is 5.48. The second-order valence-electron chi connectivity index (χ2n) is 2.11. The number of hydrogen-bond donors (Lipinski definition) is 2. The molecule has 0 saturated carbocycles. The van der Waals surface area contributed by atoms with E-state index >= 15 is 0 Å². The maximum atomic E-state index is 11.4. The lowest BCUT2D eigenvalue weighted by atomic mass is 10.2. The van der Waals surface area contributed by atoms with E-state index in [9.17, 15) is 14.0 Å². The molecular formula is C6H10FNO4. The molecular weight excluding hydrogens is 169 g/mol. The highest BCUT2D eigenvalue weighted by Gasteiger charge is 2.15. The van der Waals surface area contributed by atoms with E-state index < -0.39 is 24.8 Å². The minimum atomic E-state index is -1.24. The molecule has 0 spiro atoms. The first-order valence-corrected chi connectivity index (χ1v) is 3.28. The van der Waals surface area contributed by atoms with E-state index in [1.807, 2.05) is 0 Å². The van der Waals surface area contributed by atoms with Gasteiger partial charge in [0, 0.05) is 6.42 Å². The molecule has 0 amide bonds. The Morgan fingerprint density at radius 3 is 2.58 bits per heavy atom. The number of hydrogen-bond acceptors (Lipinski definition) is 4. The van der Waals surface area contributed by atoms with E-state index in [1.165, 1.54) is 0 Å². The van der Waals surface area contributed by atoms with E-state index in [0.29, 0.717) is 0 Å². The topological polar surface area (TPSA) is 89.6 Å². The number of halogens is 1. The highest BCUT2D eigenvalue weighted by atomic mass is 19.1. The number of ether oxygens (including phenoxy) is 1. The van der Waals surface area contributed by atoms with E-state index in [-0.39, 0.29) is 12.8 Å². The number of carbonyl (C=O) groups is 2. The first-order chi connectivity index (χ1) is 5.57. The molecule has 0 aromatic rings. The molecule has 0 aliphatic carbocycles. The van der Waals surface area contributed by atoms with Crippen molar-refractivity contribution < 1.29 is 23.8 Å². The van der Waals surface area contributed by atoms with Gasteiger partial charge in [-0.3, -0.25) is 9.59 Å². The molecule has 70 valence electrons. The predicted molar refractivity (Wildman–Crippen MR) is 36.9 cm³/mol. The fourth-order valence-corrected chi connectivity index (χ4v) is 0.558. The Morgan fingerprint density at radius 2 is 2.17 bits per heavy atom. The second-order valence-corrected chi connectivity index (χ2v) is 2.11. The molecule has 0 aliphatic heterocycles. The zero-order valence-corrected chi connectivity index (χ0v) is 6.33. The summed E-state index contributed by atoms with van der Waals surface area (Å²) in [5.41, 5.74) is 5.15. The summed E-state index contributed by atoms with van der Waals surface area (Å²) >= 11 is 0. The highest BCUT2D eigenvalue weighted by molar-refractivity contribution is 5.76. The monoisotopic (exact) mass is 179 g/mol. The standard InChI is InChI=1S/C6H10FNO4/c7-3-12-6(11)4(8)1-2-5(9)10/h4H,1-3,8H2,(H,9,10)/t4-/m1/s1. The van der Waals surface area contributed by atoms with Crippen molar-refractivity contribution in [3.63, 3.8) is 0 Å². The van der Waals surface area contributed by atoms with Crippen molar-refractivity contribution in [1.82, 2.24) is 0 Å². The first-order valence-electron chi connectivity index (χ1n) is 3.28. The van der Waals surface area contributed by atoms with Gasteiger partial charge in [0.15, 0.2) is 0 Å². The van der Waals surface area contributed by atoms with Crippen LogP contribution in [0, 0.1) is 0 Å². The van der Waals surface area contributed by atoms with Crippen LogP contribution in [0.1, 0.15) is 12.8 Å². The molecule has 0 bridgehead atoms. The number of aliphatic carboxylic acids is 1. The summed E-state index contributed by atoms with van der Waals surface area (Å²) < 4.78 is 15.3. The zero-order valence-electron chi connectivity index (χ0n) is 6.33. The van der Waals surface area contributed by atoms with Crippen LogP contribution in [0.3, 0.4) is 0 Å². The van der Waals surface area contributed by atoms with E-state index in [2.05, 4.69) is 4.74 Å². The van der Waals surface area contributed by atoms with Crippen LogP contribution in [0.25, 0.3) is 0 Å². The van der Waals surface area contributed by atoms with Crippen molar-refractivity contribution in [2.24, 2.45) is 5.73 Å². The molecule has 3 N–H and O–H groups in total. The minimum Gasteiger partial charge on any atom is -0.481 e. The fourth-order valence-electron chi connectivity index (χ4n) is 0.558. The van der Waals surface area contributed by atoms with Gasteiger partial charge in [0.1, 0.15) is 6.04 Å². The van der Waals surface area contributed by atoms with Crippen LogP contribution in [-0.2, 0) is 14.3 Å². The van der Waals surface area contributed by atoms with Gasteiger partial charge in [0.05, 0.1) is 0 Å². The number of carbonyl (C=O) groups excluding carboxylic acids is 1. The van der Waals surface area contributed by atoms with Gasteiger partial charge in [0.2, 0.25) is 6.86 Å². The number of esters is 1. The Bertz CT molecular complexity index is 173. The van der Waals surface area contributed by atoms with Crippen molar-refractivity contribution >= 4 is 11.9 Å². The maximum Gasteiger partial charge on any atom is 0.325 e. The van der Waals surface area contributed by atoms with Crippen LogP contribution in [0.5, 0.6) is 0 Å². The fraction of sp³-hybridized carbons (Fsp3) is 0.667. The molecule has 0 heterocycles. The average molecular weight is 179 g/mol. The number of rotatable bonds is 5. The molecule has 0 aliphatic rings. The summed E-state index contributed by atoms with van der Waals surface area (Å²) in [5.74, 6) is -1.97. The van der Waals surface area contributed by atoms with Gasteiger partial charge in [-0.2, -0.15) is 0 Å². The van der Waals surface area contributed by atoms with Gasteiger partial charge in [-0.1, -0.05) is 0 Å². The molecule has 0 unspecified atom stereocenters. The minimum absolute atomic E-state index is 0.0475. The Labute approximate surface area is 68.3 Å². The molecule has 0 aromatic carbocycles. The van der Waals surface area contributed by atoms with Crippen LogP contribution in [0.15, 0.2) is 0 Å². The Morgan fingerprint density at radius 1 is 1.58 bits per heavy atom. The van der Waals surface area contributed by atoms with Crippen molar-refractivity contribution in [2.75, 3.05) is 6.86 Å². The lowest BCUT2D eigenvalue weighted by Crippen LogP contribution is -2.32. The maximum absolute atomic E-state index is 11.4. The third-order valence-corrected chi connectivity index (χ3v) is 1.17. The van der Waals surface area contributed by atoms with E-state index in [0.717, 1.165) is 0 Å². The third kappa shape index (κ3) is 4.62. The number of nitrogens with two attached hydrogens (primary N) is 1. The van der Waals surface area contributed by atoms with Gasteiger partial charge in [-0.25, -0.2) is 4.39 Å². The normalized spacial score (nSPS) is 12.2. The van der Waals surface area contributed by atoms with Gasteiger partial charge >= 0.3 is 11.9 Å². The number of carboxylic acid groups (broad SMARTS) is 1. The van der Waals surface area contributed by atoms with Crippen molar-refractivity contribution in [2.45, 2.75) is 18.9 Å². The van der Waals surface area contributed by atoms with Crippen LogP contribution in [0.2, 0.25) is 0 Å².